The van der Waals surface area contributed by atoms with Crippen LogP contribution < -0.4 is 5.32 Å². The Morgan fingerprint density at radius 2 is 1.81 bits per heavy atom. The zero-order valence-electron chi connectivity index (χ0n) is 12.0. The normalized spacial score (nSPS) is 11.0. The summed E-state index contributed by atoms with van der Waals surface area (Å²) in [5.41, 5.74) is 2.53. The second-order valence-corrected chi connectivity index (χ2v) is 5.24. The molecule has 21 heavy (non-hydrogen) atoms. The molecule has 0 fully saturated rings. The summed E-state index contributed by atoms with van der Waals surface area (Å²) < 4.78 is 2.21. The van der Waals surface area contributed by atoms with E-state index in [1.807, 2.05) is 18.2 Å². The summed E-state index contributed by atoms with van der Waals surface area (Å²) in [6, 6.07) is 18.1. The van der Waals surface area contributed by atoms with E-state index in [9.17, 15) is 5.11 Å². The second kappa shape index (κ2) is 6.46. The standard InChI is InChI=1S/C18H20N2O/c21-17-6-7-18-16(14-17)9-12-20(18)13-11-19-10-8-15-4-2-1-3-5-15/h1-7,9,12,14,19,21H,8,10-11,13H2. The Labute approximate surface area is 124 Å². The van der Waals surface area contributed by atoms with Crippen molar-refractivity contribution in [2.75, 3.05) is 13.1 Å². The molecule has 0 saturated carbocycles. The number of phenols is 1. The lowest BCUT2D eigenvalue weighted by molar-refractivity contribution is 0.476. The Morgan fingerprint density at radius 1 is 0.952 bits per heavy atom. The number of nitrogens with one attached hydrogen (secondary N) is 1. The van der Waals surface area contributed by atoms with Crippen molar-refractivity contribution in [1.29, 1.82) is 0 Å². The number of aromatic nitrogens is 1. The highest BCUT2D eigenvalue weighted by atomic mass is 16.3. The highest BCUT2D eigenvalue weighted by molar-refractivity contribution is 5.81. The van der Waals surface area contributed by atoms with Crippen LogP contribution in [0, 0.1) is 0 Å². The molecule has 2 aromatic carbocycles. The minimum atomic E-state index is 0.321. The largest absolute Gasteiger partial charge is 0.508 e. The Balaban J connectivity index is 1.48. The fourth-order valence-corrected chi connectivity index (χ4v) is 2.58. The average Bonchev–Trinajstić information content (AvgIpc) is 2.90. The van der Waals surface area contributed by atoms with Crippen molar-refractivity contribution in [2.24, 2.45) is 0 Å². The third-order valence-electron chi connectivity index (χ3n) is 3.72. The maximum absolute atomic E-state index is 9.47. The monoisotopic (exact) mass is 280 g/mol. The number of rotatable bonds is 6. The van der Waals surface area contributed by atoms with Gasteiger partial charge in [-0.1, -0.05) is 30.3 Å². The molecule has 108 valence electrons. The van der Waals surface area contributed by atoms with E-state index in [2.05, 4.69) is 40.3 Å². The van der Waals surface area contributed by atoms with E-state index in [0.717, 1.165) is 37.0 Å². The molecule has 1 heterocycles. The molecule has 0 atom stereocenters. The van der Waals surface area contributed by atoms with E-state index in [-0.39, 0.29) is 0 Å². The van der Waals surface area contributed by atoms with Crippen LogP contribution in [0.1, 0.15) is 5.56 Å². The van der Waals surface area contributed by atoms with Crippen molar-refractivity contribution in [3.8, 4) is 5.75 Å². The Hall–Kier alpha value is -2.26. The smallest absolute Gasteiger partial charge is 0.116 e. The molecular weight excluding hydrogens is 260 g/mol. The molecule has 3 nitrogen and oxygen atoms in total. The van der Waals surface area contributed by atoms with Crippen molar-refractivity contribution >= 4 is 10.9 Å². The summed E-state index contributed by atoms with van der Waals surface area (Å²) >= 11 is 0. The van der Waals surface area contributed by atoms with Crippen molar-refractivity contribution in [2.45, 2.75) is 13.0 Å². The molecule has 1 aromatic heterocycles. The molecular formula is C18H20N2O. The summed E-state index contributed by atoms with van der Waals surface area (Å²) in [4.78, 5) is 0. The number of phenolic OH excluding ortho intramolecular Hbond substituents is 1. The third kappa shape index (κ3) is 3.44. The summed E-state index contributed by atoms with van der Waals surface area (Å²) in [5, 5.41) is 14.0. The first-order valence-corrected chi connectivity index (χ1v) is 7.35. The molecule has 2 N–H and O–H groups in total. The predicted octanol–water partition coefficient (Wildman–Crippen LogP) is 3.18. The van der Waals surface area contributed by atoms with Gasteiger partial charge in [-0.3, -0.25) is 0 Å². The Kier molecular flexibility index (Phi) is 4.22. The first kappa shape index (κ1) is 13.7. The summed E-state index contributed by atoms with van der Waals surface area (Å²) in [7, 11) is 0. The number of fused-ring (bicyclic) bond motifs is 1. The van der Waals surface area contributed by atoms with Gasteiger partial charge in [-0.2, -0.15) is 0 Å². The van der Waals surface area contributed by atoms with E-state index in [0.29, 0.717) is 5.75 Å². The predicted molar refractivity (Wildman–Crippen MR) is 86.6 cm³/mol. The van der Waals surface area contributed by atoms with Crippen molar-refractivity contribution in [1.82, 2.24) is 9.88 Å². The van der Waals surface area contributed by atoms with E-state index >= 15 is 0 Å². The molecule has 0 saturated heterocycles. The fraction of sp³-hybridized carbons (Fsp3) is 0.222. The molecule has 0 unspecified atom stereocenters. The van der Waals surface area contributed by atoms with Gasteiger partial charge >= 0.3 is 0 Å². The molecule has 0 aliphatic rings. The Bertz CT molecular complexity index is 704. The molecule has 0 radical (unpaired) electrons. The molecule has 0 bridgehead atoms. The average molecular weight is 280 g/mol. The lowest BCUT2D eigenvalue weighted by Gasteiger charge is -2.07. The van der Waals surface area contributed by atoms with E-state index < -0.39 is 0 Å². The molecule has 3 rings (SSSR count). The molecule has 0 spiro atoms. The fourth-order valence-electron chi connectivity index (χ4n) is 2.58. The Morgan fingerprint density at radius 3 is 2.67 bits per heavy atom. The molecule has 0 aliphatic heterocycles. The van der Waals surface area contributed by atoms with Gasteiger partial charge in [-0.05, 0) is 42.8 Å². The summed E-state index contributed by atoms with van der Waals surface area (Å²) in [6.07, 6.45) is 3.13. The molecule has 3 heteroatoms. The lowest BCUT2D eigenvalue weighted by atomic mass is 10.1. The molecule has 0 amide bonds. The van der Waals surface area contributed by atoms with Crippen LogP contribution in [0.3, 0.4) is 0 Å². The van der Waals surface area contributed by atoms with Gasteiger partial charge in [0.1, 0.15) is 5.75 Å². The van der Waals surface area contributed by atoms with Crippen LogP contribution in [0.15, 0.2) is 60.8 Å². The van der Waals surface area contributed by atoms with Gasteiger partial charge in [0.2, 0.25) is 0 Å². The van der Waals surface area contributed by atoms with Crippen molar-refractivity contribution in [3.05, 3.63) is 66.4 Å². The topological polar surface area (TPSA) is 37.2 Å². The maximum atomic E-state index is 9.47. The van der Waals surface area contributed by atoms with Gasteiger partial charge in [0.05, 0.1) is 0 Å². The van der Waals surface area contributed by atoms with Crippen molar-refractivity contribution < 1.29 is 5.11 Å². The quantitative estimate of drug-likeness (QED) is 0.680. The summed E-state index contributed by atoms with van der Waals surface area (Å²) in [6.45, 7) is 2.87. The molecule has 0 aliphatic carbocycles. The second-order valence-electron chi connectivity index (χ2n) is 5.24. The number of hydrogen-bond donors (Lipinski definition) is 2. The van der Waals surface area contributed by atoms with Gasteiger partial charge in [-0.15, -0.1) is 0 Å². The van der Waals surface area contributed by atoms with Crippen LogP contribution in [-0.2, 0) is 13.0 Å². The van der Waals surface area contributed by atoms with Gasteiger partial charge in [0.25, 0.3) is 0 Å². The minimum absolute atomic E-state index is 0.321. The number of aromatic hydroxyl groups is 1. The first-order chi connectivity index (χ1) is 10.3. The maximum Gasteiger partial charge on any atom is 0.116 e. The molecule has 3 aromatic rings. The number of hydrogen-bond acceptors (Lipinski definition) is 2. The van der Waals surface area contributed by atoms with Gasteiger partial charge in [-0.25, -0.2) is 0 Å². The van der Waals surface area contributed by atoms with Gasteiger partial charge in [0, 0.05) is 30.2 Å². The van der Waals surface area contributed by atoms with Crippen LogP contribution >= 0.6 is 0 Å². The van der Waals surface area contributed by atoms with Crippen LogP contribution in [0.5, 0.6) is 5.75 Å². The first-order valence-electron chi connectivity index (χ1n) is 7.35. The van der Waals surface area contributed by atoms with Crippen LogP contribution in [0.4, 0.5) is 0 Å². The van der Waals surface area contributed by atoms with Crippen LogP contribution in [0.25, 0.3) is 10.9 Å². The van der Waals surface area contributed by atoms with E-state index in [1.165, 1.54) is 5.56 Å². The van der Waals surface area contributed by atoms with E-state index in [1.54, 1.807) is 12.1 Å². The highest BCUT2D eigenvalue weighted by Crippen LogP contribution is 2.20. The highest BCUT2D eigenvalue weighted by Gasteiger charge is 2.01. The third-order valence-corrected chi connectivity index (χ3v) is 3.72. The summed E-state index contributed by atoms with van der Waals surface area (Å²) in [5.74, 6) is 0.321. The van der Waals surface area contributed by atoms with Crippen molar-refractivity contribution in [3.63, 3.8) is 0 Å². The lowest BCUT2D eigenvalue weighted by Crippen LogP contribution is -2.22. The minimum Gasteiger partial charge on any atom is -0.508 e. The zero-order chi connectivity index (χ0) is 14.5. The number of benzene rings is 2. The van der Waals surface area contributed by atoms with Crippen LogP contribution in [-0.4, -0.2) is 22.8 Å². The number of nitrogens with zero attached hydrogens (tertiary/aromatic N) is 1. The van der Waals surface area contributed by atoms with Gasteiger partial charge < -0.3 is 15.0 Å². The van der Waals surface area contributed by atoms with Crippen LogP contribution in [0.2, 0.25) is 0 Å². The van der Waals surface area contributed by atoms with Gasteiger partial charge in [0.15, 0.2) is 0 Å². The van der Waals surface area contributed by atoms with E-state index in [4.69, 9.17) is 0 Å². The zero-order valence-corrected chi connectivity index (χ0v) is 12.0. The SMILES string of the molecule is Oc1ccc2c(ccn2CCNCCc2ccccc2)c1.